The Bertz CT molecular complexity index is 1060. The van der Waals surface area contributed by atoms with Gasteiger partial charge in [-0.2, -0.15) is 0 Å². The minimum Gasteiger partial charge on any atom is -0.357 e. The van der Waals surface area contributed by atoms with Gasteiger partial charge in [0.15, 0.2) is 9.84 Å². The van der Waals surface area contributed by atoms with Crippen molar-refractivity contribution in [2.24, 2.45) is 0 Å². The molecular formula is C20H26N4O4S. The van der Waals surface area contributed by atoms with Crippen molar-refractivity contribution in [2.75, 3.05) is 24.6 Å². The molecule has 156 valence electrons. The van der Waals surface area contributed by atoms with Crippen LogP contribution in [0.5, 0.6) is 0 Å². The number of amides is 3. The molecule has 8 nitrogen and oxygen atoms in total. The first-order chi connectivity index (χ1) is 13.7. The van der Waals surface area contributed by atoms with Crippen LogP contribution in [0.25, 0.3) is 10.9 Å². The van der Waals surface area contributed by atoms with Crippen LogP contribution < -0.4 is 10.6 Å². The number of hydrogen-bond acceptors (Lipinski definition) is 4. The second-order valence-electron chi connectivity index (χ2n) is 8.23. The molecule has 9 heteroatoms. The number of sulfone groups is 1. The summed E-state index contributed by atoms with van der Waals surface area (Å²) in [6, 6.07) is 7.93. The Hall–Kier alpha value is -2.55. The zero-order valence-corrected chi connectivity index (χ0v) is 17.3. The Morgan fingerprint density at radius 1 is 1.28 bits per heavy atom. The summed E-state index contributed by atoms with van der Waals surface area (Å²) >= 11 is 0. The lowest BCUT2D eigenvalue weighted by atomic mass is 10.0. The van der Waals surface area contributed by atoms with E-state index in [2.05, 4.69) is 21.7 Å². The number of benzene rings is 1. The molecule has 1 atom stereocenters. The second kappa shape index (κ2) is 7.37. The fraction of sp³-hybridized carbons (Fsp3) is 0.500. The molecule has 3 N–H and O–H groups in total. The number of nitrogens with one attached hydrogen (secondary N) is 3. The molecule has 2 aliphatic heterocycles. The minimum absolute atomic E-state index is 0.0291. The van der Waals surface area contributed by atoms with Gasteiger partial charge in [-0.15, -0.1) is 0 Å². The molecule has 0 saturated carbocycles. The average molecular weight is 419 g/mol. The van der Waals surface area contributed by atoms with Gasteiger partial charge in [0.05, 0.1) is 23.6 Å². The van der Waals surface area contributed by atoms with E-state index >= 15 is 0 Å². The van der Waals surface area contributed by atoms with E-state index in [0.29, 0.717) is 19.5 Å². The van der Waals surface area contributed by atoms with Gasteiger partial charge in [-0.25, -0.2) is 13.2 Å². The van der Waals surface area contributed by atoms with Crippen molar-refractivity contribution < 1.29 is 18.0 Å². The molecule has 4 rings (SSSR count). The number of para-hydroxylation sites is 1. The molecule has 2 aromatic rings. The van der Waals surface area contributed by atoms with E-state index in [4.69, 9.17) is 0 Å². The SMILES string of the molecule is CC1(NC(=O)CCNC(=O)N2CCc3c([nH]c4ccccc34)C2)CCS(=O)(=O)C1. The van der Waals surface area contributed by atoms with E-state index in [1.807, 2.05) is 18.2 Å². The summed E-state index contributed by atoms with van der Waals surface area (Å²) in [6.45, 7) is 3.10. The summed E-state index contributed by atoms with van der Waals surface area (Å²) in [7, 11) is -3.08. The molecule has 2 aliphatic rings. The maximum atomic E-state index is 12.5. The molecule has 1 saturated heterocycles. The van der Waals surface area contributed by atoms with E-state index in [1.165, 1.54) is 10.9 Å². The summed E-state index contributed by atoms with van der Waals surface area (Å²) in [6.07, 6.45) is 1.33. The number of fused-ring (bicyclic) bond motifs is 3. The van der Waals surface area contributed by atoms with Gasteiger partial charge in [0, 0.05) is 36.1 Å². The highest BCUT2D eigenvalue weighted by Crippen LogP contribution is 2.27. The van der Waals surface area contributed by atoms with Crippen LogP contribution in [-0.4, -0.2) is 60.4 Å². The van der Waals surface area contributed by atoms with Crippen molar-refractivity contribution >= 4 is 32.7 Å². The van der Waals surface area contributed by atoms with E-state index < -0.39 is 15.4 Å². The molecule has 0 radical (unpaired) electrons. The first-order valence-electron chi connectivity index (χ1n) is 9.87. The number of H-pyrrole nitrogens is 1. The van der Waals surface area contributed by atoms with Gasteiger partial charge in [-0.1, -0.05) is 18.2 Å². The maximum Gasteiger partial charge on any atom is 0.317 e. The average Bonchev–Trinajstić information content (AvgIpc) is 3.16. The van der Waals surface area contributed by atoms with Crippen LogP contribution in [0, 0.1) is 0 Å². The van der Waals surface area contributed by atoms with E-state index in [0.717, 1.165) is 17.6 Å². The zero-order valence-electron chi connectivity index (χ0n) is 16.5. The number of carbonyl (C=O) groups excluding carboxylic acids is 2. The zero-order chi connectivity index (χ0) is 20.6. The molecule has 0 spiro atoms. The van der Waals surface area contributed by atoms with E-state index in [1.54, 1.807) is 11.8 Å². The number of carbonyl (C=O) groups is 2. The van der Waals surface area contributed by atoms with Crippen molar-refractivity contribution in [3.63, 3.8) is 0 Å². The predicted octanol–water partition coefficient (Wildman–Crippen LogP) is 1.32. The van der Waals surface area contributed by atoms with Crippen molar-refractivity contribution in [1.82, 2.24) is 20.5 Å². The summed E-state index contributed by atoms with van der Waals surface area (Å²) in [5, 5.41) is 6.81. The van der Waals surface area contributed by atoms with Crippen LogP contribution >= 0.6 is 0 Å². The smallest absolute Gasteiger partial charge is 0.317 e. The largest absolute Gasteiger partial charge is 0.357 e. The Kier molecular flexibility index (Phi) is 5.02. The molecule has 1 fully saturated rings. The van der Waals surface area contributed by atoms with Crippen LogP contribution in [0.4, 0.5) is 4.79 Å². The highest BCUT2D eigenvalue weighted by molar-refractivity contribution is 7.91. The lowest BCUT2D eigenvalue weighted by molar-refractivity contribution is -0.122. The normalized spacial score (nSPS) is 23.0. The molecule has 29 heavy (non-hydrogen) atoms. The quantitative estimate of drug-likeness (QED) is 0.695. The third-order valence-corrected chi connectivity index (χ3v) is 7.65. The van der Waals surface area contributed by atoms with Crippen LogP contribution in [0.1, 0.15) is 31.0 Å². The number of nitrogens with zero attached hydrogens (tertiary/aromatic N) is 1. The lowest BCUT2D eigenvalue weighted by Crippen LogP contribution is -2.48. The van der Waals surface area contributed by atoms with Gasteiger partial charge < -0.3 is 20.5 Å². The molecule has 0 aliphatic carbocycles. The van der Waals surface area contributed by atoms with Crippen LogP contribution in [0.15, 0.2) is 24.3 Å². The number of urea groups is 1. The molecule has 1 unspecified atom stereocenters. The third kappa shape index (κ3) is 4.24. The highest BCUT2D eigenvalue weighted by Gasteiger charge is 2.39. The summed E-state index contributed by atoms with van der Waals surface area (Å²) in [4.78, 5) is 29.8. The number of aromatic nitrogens is 1. The van der Waals surface area contributed by atoms with Crippen LogP contribution in [0.2, 0.25) is 0 Å². The highest BCUT2D eigenvalue weighted by atomic mass is 32.2. The van der Waals surface area contributed by atoms with Crippen molar-refractivity contribution in [2.45, 2.75) is 38.3 Å². The maximum absolute atomic E-state index is 12.5. The number of rotatable bonds is 4. The first kappa shape index (κ1) is 19.8. The summed E-state index contributed by atoms with van der Waals surface area (Å²) in [5.74, 6) is -0.175. The van der Waals surface area contributed by atoms with Gasteiger partial charge in [0.2, 0.25) is 5.91 Å². The Labute approximate surface area is 169 Å². The minimum atomic E-state index is -3.08. The lowest BCUT2D eigenvalue weighted by Gasteiger charge is -2.27. The Morgan fingerprint density at radius 2 is 2.07 bits per heavy atom. The summed E-state index contributed by atoms with van der Waals surface area (Å²) in [5.41, 5.74) is 2.70. The fourth-order valence-electron chi connectivity index (χ4n) is 4.27. The van der Waals surface area contributed by atoms with Gasteiger partial charge in [0.1, 0.15) is 0 Å². The monoisotopic (exact) mass is 418 g/mol. The van der Waals surface area contributed by atoms with E-state index in [-0.39, 0.29) is 36.4 Å². The molecule has 0 bridgehead atoms. The van der Waals surface area contributed by atoms with Crippen molar-refractivity contribution in [3.8, 4) is 0 Å². The van der Waals surface area contributed by atoms with Crippen LogP contribution in [-0.2, 0) is 27.6 Å². The molecule has 1 aromatic heterocycles. The van der Waals surface area contributed by atoms with Crippen molar-refractivity contribution in [3.05, 3.63) is 35.5 Å². The standard InChI is InChI=1S/C20H26N4O4S/c1-20(8-11-29(27,28)13-20)23-18(25)6-9-21-19(26)24-10-7-15-14-4-2-3-5-16(14)22-17(15)12-24/h2-5,22H,6-13H2,1H3,(H,21,26)(H,23,25). The molecule has 3 amide bonds. The Morgan fingerprint density at radius 3 is 2.83 bits per heavy atom. The second-order valence-corrected chi connectivity index (χ2v) is 10.4. The summed E-state index contributed by atoms with van der Waals surface area (Å²) < 4.78 is 23.3. The Balaban J connectivity index is 1.27. The molecule has 3 heterocycles. The first-order valence-corrected chi connectivity index (χ1v) is 11.7. The van der Waals surface area contributed by atoms with Crippen molar-refractivity contribution in [1.29, 1.82) is 0 Å². The van der Waals surface area contributed by atoms with E-state index in [9.17, 15) is 18.0 Å². The third-order valence-electron chi connectivity index (χ3n) is 5.74. The predicted molar refractivity (Wildman–Crippen MR) is 110 cm³/mol. The van der Waals surface area contributed by atoms with Gasteiger partial charge in [-0.3, -0.25) is 4.79 Å². The fourth-order valence-corrected chi connectivity index (χ4v) is 6.36. The molecule has 1 aromatic carbocycles. The molecular weight excluding hydrogens is 392 g/mol. The number of hydrogen-bond donors (Lipinski definition) is 3. The van der Waals surface area contributed by atoms with Gasteiger partial charge in [0.25, 0.3) is 0 Å². The topological polar surface area (TPSA) is 111 Å². The van der Waals surface area contributed by atoms with Gasteiger partial charge in [-0.05, 0) is 31.4 Å². The van der Waals surface area contributed by atoms with Crippen LogP contribution in [0.3, 0.4) is 0 Å². The van der Waals surface area contributed by atoms with Gasteiger partial charge >= 0.3 is 6.03 Å². The number of aromatic amines is 1.